The van der Waals surface area contributed by atoms with Crippen LogP contribution < -0.4 is 0 Å². The summed E-state index contributed by atoms with van der Waals surface area (Å²) in [5.74, 6) is -0.823. The fourth-order valence-corrected chi connectivity index (χ4v) is 2.42. The highest BCUT2D eigenvalue weighted by molar-refractivity contribution is 5.84. The van der Waals surface area contributed by atoms with Crippen LogP contribution in [-0.4, -0.2) is 20.6 Å². The van der Waals surface area contributed by atoms with Crippen molar-refractivity contribution in [2.75, 3.05) is 0 Å². The van der Waals surface area contributed by atoms with E-state index < -0.39 is 5.97 Å². The molecule has 3 aromatic rings. The number of aliphatic carboxylic acids is 1. The molecule has 0 aliphatic heterocycles. The first-order valence-corrected chi connectivity index (χ1v) is 6.36. The molecule has 4 nitrogen and oxygen atoms in total. The average molecular weight is 266 g/mol. The Balaban J connectivity index is 2.12. The third kappa shape index (κ3) is 2.16. The summed E-state index contributed by atoms with van der Waals surface area (Å²) in [6.45, 7) is 0. The number of carboxylic acid groups (broad SMARTS) is 1. The van der Waals surface area contributed by atoms with E-state index in [0.29, 0.717) is 0 Å². The maximum Gasteiger partial charge on any atom is 0.307 e. The highest BCUT2D eigenvalue weighted by Gasteiger charge is 2.09. The average Bonchev–Trinajstić information content (AvgIpc) is 2.80. The lowest BCUT2D eigenvalue weighted by molar-refractivity contribution is -0.136. The molecule has 0 aliphatic carbocycles. The van der Waals surface area contributed by atoms with Crippen molar-refractivity contribution in [2.45, 2.75) is 6.42 Å². The van der Waals surface area contributed by atoms with Crippen molar-refractivity contribution in [2.24, 2.45) is 7.05 Å². The van der Waals surface area contributed by atoms with E-state index >= 15 is 0 Å². The first-order valence-electron chi connectivity index (χ1n) is 6.36. The van der Waals surface area contributed by atoms with E-state index in [0.717, 1.165) is 27.7 Å². The number of carbonyl (C=O) groups is 1. The lowest BCUT2D eigenvalue weighted by atomic mass is 9.97. The van der Waals surface area contributed by atoms with E-state index in [1.807, 2.05) is 54.1 Å². The van der Waals surface area contributed by atoms with Crippen LogP contribution >= 0.6 is 0 Å². The van der Waals surface area contributed by atoms with Gasteiger partial charge in [-0.25, -0.2) is 4.98 Å². The van der Waals surface area contributed by atoms with Crippen molar-refractivity contribution >= 4 is 17.0 Å². The maximum atomic E-state index is 11.0. The van der Waals surface area contributed by atoms with Gasteiger partial charge in [0.1, 0.15) is 0 Å². The summed E-state index contributed by atoms with van der Waals surface area (Å²) in [6.07, 6.45) is 1.80. The summed E-state index contributed by atoms with van der Waals surface area (Å²) >= 11 is 0. The van der Waals surface area contributed by atoms with Crippen molar-refractivity contribution in [1.29, 1.82) is 0 Å². The lowest BCUT2D eigenvalue weighted by Gasteiger charge is -2.08. The summed E-state index contributed by atoms with van der Waals surface area (Å²) in [6, 6.07) is 13.6. The maximum absolute atomic E-state index is 11.0. The van der Waals surface area contributed by atoms with Crippen LogP contribution in [0.3, 0.4) is 0 Å². The zero-order chi connectivity index (χ0) is 14.1. The van der Waals surface area contributed by atoms with E-state index in [-0.39, 0.29) is 6.42 Å². The molecule has 0 amide bonds. The van der Waals surface area contributed by atoms with Crippen LogP contribution in [-0.2, 0) is 18.3 Å². The van der Waals surface area contributed by atoms with Gasteiger partial charge in [-0.05, 0) is 28.8 Å². The van der Waals surface area contributed by atoms with Gasteiger partial charge in [0.15, 0.2) is 0 Å². The van der Waals surface area contributed by atoms with E-state index in [9.17, 15) is 4.79 Å². The number of carboxylic acids is 1. The molecule has 0 spiro atoms. The Hall–Kier alpha value is -2.62. The van der Waals surface area contributed by atoms with Crippen molar-refractivity contribution in [1.82, 2.24) is 9.55 Å². The predicted octanol–water partition coefficient (Wildman–Crippen LogP) is 2.87. The monoisotopic (exact) mass is 266 g/mol. The van der Waals surface area contributed by atoms with Gasteiger partial charge in [-0.1, -0.05) is 30.3 Å². The molecule has 1 aromatic heterocycles. The van der Waals surface area contributed by atoms with Crippen LogP contribution in [0.15, 0.2) is 48.8 Å². The van der Waals surface area contributed by atoms with Crippen molar-refractivity contribution in [3.63, 3.8) is 0 Å². The molecular formula is C16H14N2O2. The normalized spacial score (nSPS) is 10.8. The summed E-state index contributed by atoms with van der Waals surface area (Å²) < 4.78 is 1.96. The number of hydrogen-bond donors (Lipinski definition) is 1. The van der Waals surface area contributed by atoms with Gasteiger partial charge in [0.2, 0.25) is 0 Å². The van der Waals surface area contributed by atoms with Crippen molar-refractivity contribution in [3.05, 3.63) is 54.4 Å². The Morgan fingerprint density at radius 2 is 2.05 bits per heavy atom. The minimum Gasteiger partial charge on any atom is -0.481 e. The van der Waals surface area contributed by atoms with E-state index in [1.54, 1.807) is 6.33 Å². The molecule has 0 radical (unpaired) electrons. The van der Waals surface area contributed by atoms with Crippen LogP contribution in [0.1, 0.15) is 5.56 Å². The highest BCUT2D eigenvalue weighted by atomic mass is 16.4. The topological polar surface area (TPSA) is 55.1 Å². The Kier molecular flexibility index (Phi) is 2.99. The molecule has 1 N–H and O–H groups in total. The molecule has 1 heterocycles. The molecule has 20 heavy (non-hydrogen) atoms. The number of aromatic nitrogens is 2. The molecule has 0 unspecified atom stereocenters. The standard InChI is InChI=1S/C16H14N2O2/c1-18-10-17-14-8-12(6-7-15(14)18)13-5-3-2-4-11(13)9-16(19)20/h2-8,10H,9H2,1H3,(H,19,20). The van der Waals surface area contributed by atoms with E-state index in [1.165, 1.54) is 0 Å². The molecule has 4 heteroatoms. The number of rotatable bonds is 3. The number of nitrogens with zero attached hydrogens (tertiary/aromatic N) is 2. The second-order valence-corrected chi connectivity index (χ2v) is 4.79. The van der Waals surface area contributed by atoms with E-state index in [4.69, 9.17) is 5.11 Å². The van der Waals surface area contributed by atoms with Gasteiger partial charge in [-0.15, -0.1) is 0 Å². The summed E-state index contributed by atoms with van der Waals surface area (Å²) in [7, 11) is 1.95. The van der Waals surface area contributed by atoms with Crippen molar-refractivity contribution in [3.8, 4) is 11.1 Å². The minimum absolute atomic E-state index is 0.0242. The third-order valence-electron chi connectivity index (χ3n) is 3.40. The quantitative estimate of drug-likeness (QED) is 0.793. The molecule has 0 atom stereocenters. The second-order valence-electron chi connectivity index (χ2n) is 4.79. The number of aryl methyl sites for hydroxylation is 1. The molecule has 2 aromatic carbocycles. The second kappa shape index (κ2) is 4.81. The zero-order valence-electron chi connectivity index (χ0n) is 11.1. The first-order chi connectivity index (χ1) is 9.65. The largest absolute Gasteiger partial charge is 0.481 e. The molecule has 3 rings (SSSR count). The summed E-state index contributed by atoms with van der Waals surface area (Å²) in [5.41, 5.74) is 4.73. The van der Waals surface area contributed by atoms with Crippen LogP contribution in [0.2, 0.25) is 0 Å². The molecule has 0 saturated carbocycles. The summed E-state index contributed by atoms with van der Waals surface area (Å²) in [4.78, 5) is 15.3. The van der Waals surface area contributed by atoms with Crippen LogP contribution in [0.4, 0.5) is 0 Å². The smallest absolute Gasteiger partial charge is 0.307 e. The van der Waals surface area contributed by atoms with Crippen LogP contribution in [0.5, 0.6) is 0 Å². The third-order valence-corrected chi connectivity index (χ3v) is 3.40. The van der Waals surface area contributed by atoms with Gasteiger partial charge in [-0.2, -0.15) is 0 Å². The lowest BCUT2D eigenvalue weighted by Crippen LogP contribution is -2.01. The predicted molar refractivity (Wildman–Crippen MR) is 77.5 cm³/mol. The van der Waals surface area contributed by atoms with Gasteiger partial charge in [-0.3, -0.25) is 4.79 Å². The van der Waals surface area contributed by atoms with E-state index in [2.05, 4.69) is 4.98 Å². The number of hydrogen-bond acceptors (Lipinski definition) is 2. The van der Waals surface area contributed by atoms with Gasteiger partial charge < -0.3 is 9.67 Å². The zero-order valence-corrected chi connectivity index (χ0v) is 11.1. The van der Waals surface area contributed by atoms with Gasteiger partial charge in [0.05, 0.1) is 23.8 Å². The number of benzene rings is 2. The first kappa shape index (κ1) is 12.4. The highest BCUT2D eigenvalue weighted by Crippen LogP contribution is 2.27. The van der Waals surface area contributed by atoms with Crippen LogP contribution in [0.25, 0.3) is 22.2 Å². The molecule has 0 fully saturated rings. The molecule has 0 saturated heterocycles. The van der Waals surface area contributed by atoms with Gasteiger partial charge in [0, 0.05) is 7.05 Å². The van der Waals surface area contributed by atoms with Gasteiger partial charge >= 0.3 is 5.97 Å². The summed E-state index contributed by atoms with van der Waals surface area (Å²) in [5, 5.41) is 9.00. The minimum atomic E-state index is -0.823. The number of fused-ring (bicyclic) bond motifs is 1. The SMILES string of the molecule is Cn1cnc2cc(-c3ccccc3CC(=O)O)ccc21. The Bertz CT molecular complexity index is 790. The molecule has 0 aliphatic rings. The number of imidazole rings is 1. The molecule has 100 valence electrons. The fraction of sp³-hybridized carbons (Fsp3) is 0.125. The Labute approximate surface area is 116 Å². The Morgan fingerprint density at radius 1 is 1.25 bits per heavy atom. The Morgan fingerprint density at radius 3 is 2.85 bits per heavy atom. The van der Waals surface area contributed by atoms with Gasteiger partial charge in [0.25, 0.3) is 0 Å². The molecule has 0 bridgehead atoms. The molecular weight excluding hydrogens is 252 g/mol. The fourth-order valence-electron chi connectivity index (χ4n) is 2.42. The van der Waals surface area contributed by atoms with Crippen LogP contribution in [0, 0.1) is 0 Å². The van der Waals surface area contributed by atoms with Crippen molar-refractivity contribution < 1.29 is 9.90 Å².